The van der Waals surface area contributed by atoms with Crippen LogP contribution in [0.15, 0.2) is 29.3 Å². The summed E-state index contributed by atoms with van der Waals surface area (Å²) in [5, 5.41) is 0. The zero-order chi connectivity index (χ0) is 13.0. The summed E-state index contributed by atoms with van der Waals surface area (Å²) in [7, 11) is 1.67. The van der Waals surface area contributed by atoms with E-state index < -0.39 is 0 Å². The molecule has 18 heavy (non-hydrogen) atoms. The number of methoxy groups -OCH3 is 1. The molecule has 4 nitrogen and oxygen atoms in total. The molecule has 1 aromatic rings. The lowest BCUT2D eigenvalue weighted by Gasteiger charge is -2.26. The molecule has 1 aliphatic rings. The highest BCUT2D eigenvalue weighted by molar-refractivity contribution is 7.98. The van der Waals surface area contributed by atoms with Crippen LogP contribution in [0.5, 0.6) is 5.75 Å². The van der Waals surface area contributed by atoms with Gasteiger partial charge in [0.05, 0.1) is 19.7 Å². The maximum Gasteiger partial charge on any atom is 0.196 e. The van der Waals surface area contributed by atoms with Crippen LogP contribution in [-0.4, -0.2) is 37.7 Å². The van der Waals surface area contributed by atoms with Crippen molar-refractivity contribution in [2.24, 2.45) is 10.7 Å². The fourth-order valence-corrected chi connectivity index (χ4v) is 2.61. The average molecular weight is 265 g/mol. The summed E-state index contributed by atoms with van der Waals surface area (Å²) in [4.78, 5) is 6.47. The van der Waals surface area contributed by atoms with Gasteiger partial charge in [0.25, 0.3) is 0 Å². The monoisotopic (exact) mass is 265 g/mol. The summed E-state index contributed by atoms with van der Waals surface area (Å²) in [5.41, 5.74) is 7.07. The van der Waals surface area contributed by atoms with Gasteiger partial charge in [-0.3, -0.25) is 4.99 Å². The minimum Gasteiger partial charge on any atom is -0.497 e. The Kier molecular flexibility index (Phi) is 4.36. The molecule has 1 heterocycles. The van der Waals surface area contributed by atoms with Gasteiger partial charge in [-0.2, -0.15) is 11.8 Å². The van der Waals surface area contributed by atoms with Gasteiger partial charge in [0.1, 0.15) is 5.75 Å². The normalized spacial score (nSPS) is 18.9. The number of thioether (sulfide) groups is 1. The predicted octanol–water partition coefficient (Wildman–Crippen LogP) is 1.95. The van der Waals surface area contributed by atoms with Crippen LogP contribution in [0.3, 0.4) is 0 Å². The topological polar surface area (TPSA) is 50.9 Å². The Balaban J connectivity index is 2.14. The summed E-state index contributed by atoms with van der Waals surface area (Å²) in [6, 6.07) is 8.34. The largest absolute Gasteiger partial charge is 0.497 e. The van der Waals surface area contributed by atoms with Gasteiger partial charge in [-0.05, 0) is 42.7 Å². The summed E-state index contributed by atoms with van der Waals surface area (Å²) in [6.45, 7) is 0.790. The van der Waals surface area contributed by atoms with E-state index in [0.717, 1.165) is 30.2 Å². The second-order valence-electron chi connectivity index (χ2n) is 4.20. The standard InChI is InChI=1S/C13H19N3OS/c1-17-12-5-3-10(4-6-12)16-11(7-8-18-2)9-15-13(16)14/h3-6,11H,7-9H2,1-2H3,(H2,14,15). The minimum atomic E-state index is 0.380. The van der Waals surface area contributed by atoms with Crippen LogP contribution >= 0.6 is 11.8 Å². The van der Waals surface area contributed by atoms with E-state index in [9.17, 15) is 0 Å². The molecule has 2 N–H and O–H groups in total. The first-order chi connectivity index (χ1) is 8.76. The summed E-state index contributed by atoms with van der Waals surface area (Å²) < 4.78 is 5.17. The first-order valence-electron chi connectivity index (χ1n) is 5.98. The third-order valence-corrected chi connectivity index (χ3v) is 3.73. The number of rotatable bonds is 5. The van der Waals surface area contributed by atoms with Gasteiger partial charge in [0.2, 0.25) is 0 Å². The SMILES string of the molecule is COc1ccc(N2C(N)=NCC2CCSC)cc1. The zero-order valence-corrected chi connectivity index (χ0v) is 11.6. The lowest BCUT2D eigenvalue weighted by molar-refractivity contribution is 0.415. The molecule has 0 spiro atoms. The Labute approximate surface area is 112 Å². The van der Waals surface area contributed by atoms with Gasteiger partial charge in [-0.15, -0.1) is 0 Å². The molecule has 0 saturated carbocycles. The van der Waals surface area contributed by atoms with Gasteiger partial charge in [0.15, 0.2) is 5.96 Å². The fraction of sp³-hybridized carbons (Fsp3) is 0.462. The highest BCUT2D eigenvalue weighted by Crippen LogP contribution is 2.25. The van der Waals surface area contributed by atoms with E-state index >= 15 is 0 Å². The lowest BCUT2D eigenvalue weighted by atomic mass is 10.2. The Hall–Kier alpha value is -1.36. The number of nitrogens with zero attached hydrogens (tertiary/aromatic N) is 2. The molecule has 2 rings (SSSR count). The molecule has 0 radical (unpaired) electrons. The highest BCUT2D eigenvalue weighted by atomic mass is 32.2. The van der Waals surface area contributed by atoms with E-state index in [-0.39, 0.29) is 0 Å². The molecule has 1 aromatic carbocycles. The molecule has 0 bridgehead atoms. The number of anilines is 1. The average Bonchev–Trinajstić information content (AvgIpc) is 2.77. The van der Waals surface area contributed by atoms with E-state index in [1.807, 2.05) is 36.0 Å². The number of guanidine groups is 1. The first-order valence-corrected chi connectivity index (χ1v) is 7.37. The molecular weight excluding hydrogens is 246 g/mol. The van der Waals surface area contributed by atoms with Crippen LogP contribution in [0.4, 0.5) is 5.69 Å². The predicted molar refractivity (Wildman–Crippen MR) is 78.7 cm³/mol. The van der Waals surface area contributed by atoms with Crippen LogP contribution in [-0.2, 0) is 0 Å². The van der Waals surface area contributed by atoms with Gasteiger partial charge in [-0.25, -0.2) is 0 Å². The number of nitrogens with two attached hydrogens (primary N) is 1. The molecule has 1 unspecified atom stereocenters. The van der Waals surface area contributed by atoms with Crippen LogP contribution in [0.25, 0.3) is 0 Å². The molecule has 0 saturated heterocycles. The Morgan fingerprint density at radius 3 is 2.78 bits per heavy atom. The van der Waals surface area contributed by atoms with Crippen molar-refractivity contribution in [1.82, 2.24) is 0 Å². The molecule has 0 aliphatic carbocycles. The van der Waals surface area contributed by atoms with E-state index in [1.165, 1.54) is 0 Å². The zero-order valence-electron chi connectivity index (χ0n) is 10.8. The first kappa shape index (κ1) is 13.1. The Morgan fingerprint density at radius 1 is 1.44 bits per heavy atom. The summed E-state index contributed by atoms with van der Waals surface area (Å²) >= 11 is 1.85. The van der Waals surface area contributed by atoms with Gasteiger partial charge < -0.3 is 15.4 Å². The maximum absolute atomic E-state index is 5.98. The van der Waals surface area contributed by atoms with Crippen molar-refractivity contribution >= 4 is 23.4 Å². The maximum atomic E-state index is 5.98. The van der Waals surface area contributed by atoms with Crippen LogP contribution < -0.4 is 15.4 Å². The second kappa shape index (κ2) is 6.00. The Morgan fingerprint density at radius 2 is 2.17 bits per heavy atom. The van der Waals surface area contributed by atoms with Crippen LogP contribution in [0.1, 0.15) is 6.42 Å². The molecule has 0 amide bonds. The van der Waals surface area contributed by atoms with Crippen molar-refractivity contribution in [3.05, 3.63) is 24.3 Å². The molecule has 1 atom stereocenters. The number of aliphatic imine (C=N–C) groups is 1. The van der Waals surface area contributed by atoms with E-state index in [2.05, 4.69) is 16.1 Å². The number of hydrogen-bond donors (Lipinski definition) is 1. The highest BCUT2D eigenvalue weighted by Gasteiger charge is 2.26. The third-order valence-electron chi connectivity index (χ3n) is 3.08. The molecule has 1 aliphatic heterocycles. The van der Waals surface area contributed by atoms with E-state index in [1.54, 1.807) is 7.11 Å². The summed E-state index contributed by atoms with van der Waals surface area (Å²) in [5.74, 6) is 2.60. The quantitative estimate of drug-likeness (QED) is 0.884. The molecule has 98 valence electrons. The summed E-state index contributed by atoms with van der Waals surface area (Å²) in [6.07, 6.45) is 3.22. The Bertz CT molecular complexity index is 419. The second-order valence-corrected chi connectivity index (χ2v) is 5.19. The third kappa shape index (κ3) is 2.72. The van der Waals surface area contributed by atoms with Crippen molar-refractivity contribution in [1.29, 1.82) is 0 Å². The van der Waals surface area contributed by atoms with Crippen LogP contribution in [0.2, 0.25) is 0 Å². The number of hydrogen-bond acceptors (Lipinski definition) is 5. The lowest BCUT2D eigenvalue weighted by Crippen LogP contribution is -2.41. The van der Waals surface area contributed by atoms with Crippen LogP contribution in [0, 0.1) is 0 Å². The van der Waals surface area contributed by atoms with Crippen molar-refractivity contribution in [2.45, 2.75) is 12.5 Å². The minimum absolute atomic E-state index is 0.380. The van der Waals surface area contributed by atoms with Gasteiger partial charge >= 0.3 is 0 Å². The number of benzene rings is 1. The molecule has 0 fully saturated rings. The van der Waals surface area contributed by atoms with Crippen molar-refractivity contribution in [3.63, 3.8) is 0 Å². The smallest absolute Gasteiger partial charge is 0.196 e. The molecule has 5 heteroatoms. The fourth-order valence-electron chi connectivity index (χ4n) is 2.10. The van der Waals surface area contributed by atoms with Gasteiger partial charge in [0, 0.05) is 5.69 Å². The van der Waals surface area contributed by atoms with E-state index in [0.29, 0.717) is 12.0 Å². The van der Waals surface area contributed by atoms with Gasteiger partial charge in [-0.1, -0.05) is 0 Å². The van der Waals surface area contributed by atoms with Crippen molar-refractivity contribution in [3.8, 4) is 5.75 Å². The molecule has 0 aromatic heterocycles. The number of ether oxygens (including phenoxy) is 1. The molecular formula is C13H19N3OS. The van der Waals surface area contributed by atoms with E-state index in [4.69, 9.17) is 10.5 Å². The van der Waals surface area contributed by atoms with Crippen molar-refractivity contribution < 1.29 is 4.74 Å². The van der Waals surface area contributed by atoms with Crippen molar-refractivity contribution in [2.75, 3.05) is 30.6 Å².